The summed E-state index contributed by atoms with van der Waals surface area (Å²) in [6.07, 6.45) is 0. The highest BCUT2D eigenvalue weighted by atomic mass is 19.1. The Balaban J connectivity index is 2.16. The second-order valence-electron chi connectivity index (χ2n) is 4.99. The lowest BCUT2D eigenvalue weighted by Crippen LogP contribution is -2.10. The van der Waals surface area contributed by atoms with Gasteiger partial charge in [-0.15, -0.1) is 0 Å². The van der Waals surface area contributed by atoms with Gasteiger partial charge in [-0.25, -0.2) is 4.39 Å². The van der Waals surface area contributed by atoms with Crippen LogP contribution in [0.25, 0.3) is 0 Å². The van der Waals surface area contributed by atoms with E-state index in [1.54, 1.807) is 12.1 Å². The van der Waals surface area contributed by atoms with Crippen molar-refractivity contribution in [3.63, 3.8) is 0 Å². The van der Waals surface area contributed by atoms with Crippen LogP contribution in [-0.2, 0) is 0 Å². The first-order valence-electron chi connectivity index (χ1n) is 6.91. The van der Waals surface area contributed by atoms with E-state index in [0.717, 1.165) is 17.1 Å². The zero-order valence-electron chi connectivity index (χ0n) is 11.8. The zero-order chi connectivity index (χ0) is 14.7. The fourth-order valence-corrected chi connectivity index (χ4v) is 2.41. The topological polar surface area (TPSA) is 3.24 Å². The maximum absolute atomic E-state index is 13.6. The molecule has 0 heterocycles. The summed E-state index contributed by atoms with van der Waals surface area (Å²) in [4.78, 5) is 2.05. The van der Waals surface area contributed by atoms with Gasteiger partial charge in [-0.05, 0) is 55.0 Å². The smallest absolute Gasteiger partial charge is 0.125 e. The number of rotatable bonds is 3. The average Bonchev–Trinajstić information content (AvgIpc) is 2.49. The van der Waals surface area contributed by atoms with Gasteiger partial charge >= 0.3 is 0 Å². The molecule has 0 fully saturated rings. The molecule has 0 aromatic heterocycles. The molecule has 0 unspecified atom stereocenters. The highest BCUT2D eigenvalue weighted by Gasteiger charge is 2.12. The summed E-state index contributed by atoms with van der Waals surface area (Å²) in [5.41, 5.74) is 4.01. The first-order chi connectivity index (χ1) is 10.2. The molecule has 0 atom stereocenters. The third-order valence-electron chi connectivity index (χ3n) is 3.34. The summed E-state index contributed by atoms with van der Waals surface area (Å²) < 4.78 is 13.6. The Morgan fingerprint density at radius 1 is 0.667 bits per heavy atom. The summed E-state index contributed by atoms with van der Waals surface area (Å²) in [5.74, 6) is -0.235. The van der Waals surface area contributed by atoms with E-state index in [4.69, 9.17) is 0 Å². The minimum absolute atomic E-state index is 0.235. The molecule has 3 aromatic carbocycles. The predicted octanol–water partition coefficient (Wildman–Crippen LogP) is 5.60. The van der Waals surface area contributed by atoms with E-state index in [2.05, 4.69) is 24.0 Å². The van der Waals surface area contributed by atoms with Crippen LogP contribution in [0.1, 0.15) is 5.56 Å². The molecule has 3 rings (SSSR count). The molecule has 0 radical (unpaired) electrons. The van der Waals surface area contributed by atoms with Crippen molar-refractivity contribution in [3.8, 4) is 0 Å². The molecule has 0 spiro atoms. The number of para-hydroxylation sites is 1. The predicted molar refractivity (Wildman–Crippen MR) is 85.8 cm³/mol. The second kappa shape index (κ2) is 5.80. The van der Waals surface area contributed by atoms with E-state index in [1.165, 1.54) is 11.6 Å². The van der Waals surface area contributed by atoms with Crippen LogP contribution in [-0.4, -0.2) is 0 Å². The van der Waals surface area contributed by atoms with Crippen LogP contribution in [0.15, 0.2) is 78.9 Å². The van der Waals surface area contributed by atoms with E-state index < -0.39 is 0 Å². The number of aryl methyl sites for hydroxylation is 1. The molecule has 0 saturated heterocycles. The maximum Gasteiger partial charge on any atom is 0.125 e. The molecule has 2 heteroatoms. The number of hydrogen-bond acceptors (Lipinski definition) is 1. The second-order valence-corrected chi connectivity index (χ2v) is 4.99. The zero-order valence-corrected chi connectivity index (χ0v) is 11.8. The van der Waals surface area contributed by atoms with Gasteiger partial charge in [0.1, 0.15) is 5.82 Å². The number of nitrogens with zero attached hydrogens (tertiary/aromatic N) is 1. The van der Waals surface area contributed by atoms with Crippen LogP contribution in [0.4, 0.5) is 21.5 Å². The average molecular weight is 277 g/mol. The van der Waals surface area contributed by atoms with Gasteiger partial charge in [0.05, 0.1) is 0 Å². The Morgan fingerprint density at radius 3 is 1.95 bits per heavy atom. The van der Waals surface area contributed by atoms with Crippen molar-refractivity contribution in [2.24, 2.45) is 0 Å². The quantitative estimate of drug-likeness (QED) is 0.602. The van der Waals surface area contributed by atoms with E-state index in [-0.39, 0.29) is 5.82 Å². The SMILES string of the molecule is Cc1cccc(N(c2ccccc2)c2cccc(F)c2)c1. The van der Waals surface area contributed by atoms with Gasteiger partial charge in [0.2, 0.25) is 0 Å². The van der Waals surface area contributed by atoms with Gasteiger partial charge in [0, 0.05) is 17.1 Å². The fraction of sp³-hybridized carbons (Fsp3) is 0.0526. The Hall–Kier alpha value is -2.61. The molecule has 3 aromatic rings. The summed E-state index contributed by atoms with van der Waals surface area (Å²) in [7, 11) is 0. The Kier molecular flexibility index (Phi) is 3.69. The van der Waals surface area contributed by atoms with E-state index in [1.807, 2.05) is 48.5 Å². The molecule has 0 saturated carbocycles. The molecule has 0 aliphatic carbocycles. The van der Waals surface area contributed by atoms with Gasteiger partial charge in [0.25, 0.3) is 0 Å². The fourth-order valence-electron chi connectivity index (χ4n) is 2.41. The Morgan fingerprint density at radius 2 is 1.29 bits per heavy atom. The molecule has 0 amide bonds. The summed E-state index contributed by atoms with van der Waals surface area (Å²) >= 11 is 0. The summed E-state index contributed by atoms with van der Waals surface area (Å²) in [6, 6.07) is 24.8. The third-order valence-corrected chi connectivity index (χ3v) is 3.34. The Bertz CT molecular complexity index is 692. The monoisotopic (exact) mass is 277 g/mol. The Labute approximate surface area is 124 Å². The lowest BCUT2D eigenvalue weighted by atomic mass is 10.1. The van der Waals surface area contributed by atoms with Crippen LogP contribution in [0.5, 0.6) is 0 Å². The van der Waals surface area contributed by atoms with Gasteiger partial charge in [0.15, 0.2) is 0 Å². The molecule has 0 N–H and O–H groups in total. The van der Waals surface area contributed by atoms with Crippen molar-refractivity contribution in [2.45, 2.75) is 6.92 Å². The highest BCUT2D eigenvalue weighted by Crippen LogP contribution is 2.34. The van der Waals surface area contributed by atoms with Crippen molar-refractivity contribution in [2.75, 3.05) is 4.90 Å². The summed E-state index contributed by atoms with van der Waals surface area (Å²) in [6.45, 7) is 2.05. The third kappa shape index (κ3) is 2.95. The first kappa shape index (κ1) is 13.4. The van der Waals surface area contributed by atoms with Crippen LogP contribution in [0.2, 0.25) is 0 Å². The molecule has 0 bridgehead atoms. The minimum atomic E-state index is -0.235. The van der Waals surface area contributed by atoms with Gasteiger partial charge in [-0.2, -0.15) is 0 Å². The number of benzene rings is 3. The molecule has 104 valence electrons. The van der Waals surface area contributed by atoms with E-state index in [0.29, 0.717) is 0 Å². The first-order valence-corrected chi connectivity index (χ1v) is 6.91. The molecule has 1 nitrogen and oxygen atoms in total. The summed E-state index contributed by atoms with van der Waals surface area (Å²) in [5, 5.41) is 0. The molecular formula is C19H16FN. The van der Waals surface area contributed by atoms with Gasteiger partial charge in [-0.3, -0.25) is 0 Å². The van der Waals surface area contributed by atoms with Crippen LogP contribution >= 0.6 is 0 Å². The van der Waals surface area contributed by atoms with Crippen molar-refractivity contribution in [1.82, 2.24) is 0 Å². The van der Waals surface area contributed by atoms with Crippen molar-refractivity contribution >= 4 is 17.1 Å². The maximum atomic E-state index is 13.6. The lowest BCUT2D eigenvalue weighted by molar-refractivity contribution is 0.628. The van der Waals surface area contributed by atoms with Crippen LogP contribution in [0, 0.1) is 12.7 Å². The van der Waals surface area contributed by atoms with Crippen molar-refractivity contribution < 1.29 is 4.39 Å². The molecular weight excluding hydrogens is 261 g/mol. The molecule has 0 aliphatic heterocycles. The normalized spacial score (nSPS) is 10.4. The standard InChI is InChI=1S/C19H16FN/c1-15-7-5-11-18(13-15)21(17-9-3-2-4-10-17)19-12-6-8-16(20)14-19/h2-14H,1H3. The van der Waals surface area contributed by atoms with Gasteiger partial charge in [-0.1, -0.05) is 36.4 Å². The van der Waals surface area contributed by atoms with Crippen molar-refractivity contribution in [3.05, 3.63) is 90.2 Å². The van der Waals surface area contributed by atoms with E-state index >= 15 is 0 Å². The van der Waals surface area contributed by atoms with Crippen LogP contribution < -0.4 is 4.90 Å². The highest BCUT2D eigenvalue weighted by molar-refractivity contribution is 5.76. The minimum Gasteiger partial charge on any atom is -0.310 e. The molecule has 0 aliphatic rings. The van der Waals surface area contributed by atoms with Gasteiger partial charge < -0.3 is 4.90 Å². The number of halogens is 1. The number of anilines is 3. The van der Waals surface area contributed by atoms with Crippen LogP contribution in [0.3, 0.4) is 0 Å². The van der Waals surface area contributed by atoms with E-state index in [9.17, 15) is 4.39 Å². The number of hydrogen-bond donors (Lipinski definition) is 0. The molecule has 21 heavy (non-hydrogen) atoms. The van der Waals surface area contributed by atoms with Crippen molar-refractivity contribution in [1.29, 1.82) is 0 Å². The lowest BCUT2D eigenvalue weighted by Gasteiger charge is -2.25. The largest absolute Gasteiger partial charge is 0.310 e.